The lowest BCUT2D eigenvalue weighted by Crippen LogP contribution is -2.05. The molecule has 0 spiro atoms. The zero-order valence-electron chi connectivity index (χ0n) is 4.79. The number of aliphatic hydroxyl groups excluding tert-OH is 1. The number of hydrogen-bond acceptors (Lipinski definition) is 2. The quantitative estimate of drug-likeness (QED) is 0.514. The molecule has 8 heavy (non-hydrogen) atoms. The molecule has 0 rings (SSSR count). The van der Waals surface area contributed by atoms with E-state index in [2.05, 4.69) is 11.7 Å². The molecule has 3 heteroatoms. The number of hydrogen-bond donors (Lipinski definition) is 1. The summed E-state index contributed by atoms with van der Waals surface area (Å²) < 4.78 is 0. The van der Waals surface area contributed by atoms with Gasteiger partial charge in [-0.15, -0.1) is 0 Å². The van der Waals surface area contributed by atoms with Crippen LogP contribution >= 0.6 is 0 Å². The summed E-state index contributed by atoms with van der Waals surface area (Å²) in [6.07, 6.45) is -0.531. The first-order chi connectivity index (χ1) is 3.66. The van der Waals surface area contributed by atoms with Crippen molar-refractivity contribution in [1.29, 1.82) is 0 Å². The first kappa shape index (κ1) is 7.30. The maximum atomic E-state index is 10.2. The van der Waals surface area contributed by atoms with E-state index in [-0.39, 0.29) is 12.3 Å². The topological polar surface area (TPSA) is 49.7 Å². The zero-order valence-corrected chi connectivity index (χ0v) is 4.79. The summed E-state index contributed by atoms with van der Waals surface area (Å²) in [5.74, 6) is -0.361. The molecule has 0 aliphatic carbocycles. The molecule has 0 heterocycles. The van der Waals surface area contributed by atoms with Crippen LogP contribution in [0.15, 0.2) is 4.99 Å². The van der Waals surface area contributed by atoms with Crippen LogP contribution in [-0.4, -0.2) is 23.8 Å². The van der Waals surface area contributed by atoms with Gasteiger partial charge in [0.15, 0.2) is 0 Å². The number of carbonyl (C=O) groups is 1. The summed E-state index contributed by atoms with van der Waals surface area (Å²) in [4.78, 5) is 13.3. The standard InChI is InChI=1S/C5H9NO2/c1-4(7)3-5(8)6-2/h4,7H,2-3H2,1H3/t4-/m1/s1. The largest absolute Gasteiger partial charge is 0.393 e. The SMILES string of the molecule is C=NC(=O)C[C@@H](C)O. The van der Waals surface area contributed by atoms with Crippen LogP contribution in [0.1, 0.15) is 13.3 Å². The highest BCUT2D eigenvalue weighted by Crippen LogP contribution is 1.89. The Morgan fingerprint density at radius 2 is 2.50 bits per heavy atom. The van der Waals surface area contributed by atoms with Crippen molar-refractivity contribution in [1.82, 2.24) is 0 Å². The highest BCUT2D eigenvalue weighted by atomic mass is 16.3. The van der Waals surface area contributed by atoms with Gasteiger partial charge in [-0.25, -0.2) is 4.99 Å². The third kappa shape index (κ3) is 3.49. The van der Waals surface area contributed by atoms with Crippen molar-refractivity contribution in [2.24, 2.45) is 4.99 Å². The van der Waals surface area contributed by atoms with Gasteiger partial charge in [-0.2, -0.15) is 0 Å². The van der Waals surface area contributed by atoms with Crippen molar-refractivity contribution in [2.45, 2.75) is 19.4 Å². The van der Waals surface area contributed by atoms with Gasteiger partial charge in [-0.1, -0.05) is 0 Å². The molecule has 0 aromatic carbocycles. The van der Waals surface area contributed by atoms with Gasteiger partial charge in [-0.3, -0.25) is 4.79 Å². The molecule has 0 bridgehead atoms. The molecule has 3 nitrogen and oxygen atoms in total. The maximum absolute atomic E-state index is 10.2. The van der Waals surface area contributed by atoms with Crippen molar-refractivity contribution in [3.63, 3.8) is 0 Å². The molecule has 1 N–H and O–H groups in total. The molecule has 0 radical (unpaired) electrons. The van der Waals surface area contributed by atoms with E-state index < -0.39 is 6.10 Å². The van der Waals surface area contributed by atoms with Crippen LogP contribution in [0.4, 0.5) is 0 Å². The fourth-order valence-electron chi connectivity index (χ4n) is 0.317. The number of amides is 1. The highest BCUT2D eigenvalue weighted by molar-refractivity contribution is 5.80. The molecule has 0 unspecified atom stereocenters. The Balaban J connectivity index is 3.39. The van der Waals surface area contributed by atoms with Crippen molar-refractivity contribution in [3.05, 3.63) is 0 Å². The summed E-state index contributed by atoms with van der Waals surface area (Å²) in [5, 5.41) is 8.55. The minimum Gasteiger partial charge on any atom is -0.393 e. The molecule has 0 aromatic rings. The molecule has 0 aliphatic rings. The molecule has 46 valence electrons. The van der Waals surface area contributed by atoms with E-state index in [1.54, 1.807) is 0 Å². The second kappa shape index (κ2) is 3.32. The van der Waals surface area contributed by atoms with Crippen molar-refractivity contribution >= 4 is 12.6 Å². The third-order valence-corrected chi connectivity index (χ3v) is 0.646. The van der Waals surface area contributed by atoms with Gasteiger partial charge >= 0.3 is 0 Å². The minimum atomic E-state index is -0.604. The summed E-state index contributed by atoms with van der Waals surface area (Å²) >= 11 is 0. The number of nitrogens with zero attached hydrogens (tertiary/aromatic N) is 1. The minimum absolute atomic E-state index is 0.0729. The van der Waals surface area contributed by atoms with E-state index in [0.717, 1.165) is 0 Å². The molecule has 0 saturated carbocycles. The first-order valence-electron chi connectivity index (χ1n) is 2.34. The monoisotopic (exact) mass is 115 g/mol. The number of rotatable bonds is 2. The second-order valence-electron chi connectivity index (χ2n) is 1.60. The van der Waals surface area contributed by atoms with Gasteiger partial charge in [0.1, 0.15) is 0 Å². The molecule has 0 aliphatic heterocycles. The van der Waals surface area contributed by atoms with Gasteiger partial charge in [0, 0.05) is 0 Å². The van der Waals surface area contributed by atoms with E-state index in [1.807, 2.05) is 0 Å². The molecular formula is C5H9NO2. The molecule has 1 amide bonds. The van der Waals surface area contributed by atoms with Crippen LogP contribution < -0.4 is 0 Å². The predicted molar refractivity (Wildman–Crippen MR) is 30.9 cm³/mol. The van der Waals surface area contributed by atoms with Crippen LogP contribution in [0.5, 0.6) is 0 Å². The average molecular weight is 115 g/mol. The van der Waals surface area contributed by atoms with E-state index in [1.165, 1.54) is 6.92 Å². The fourth-order valence-corrected chi connectivity index (χ4v) is 0.317. The summed E-state index contributed by atoms with van der Waals surface area (Å²) in [7, 11) is 0. The number of aliphatic imine (C=N–C) groups is 1. The Bertz CT molecular complexity index is 98.6. The van der Waals surface area contributed by atoms with Crippen molar-refractivity contribution < 1.29 is 9.90 Å². The van der Waals surface area contributed by atoms with Crippen molar-refractivity contribution in [2.75, 3.05) is 0 Å². The van der Waals surface area contributed by atoms with Crippen LogP contribution in [-0.2, 0) is 4.79 Å². The Kier molecular flexibility index (Phi) is 3.03. The Hall–Kier alpha value is -0.700. The summed E-state index contributed by atoms with van der Waals surface area (Å²) in [6.45, 7) is 4.53. The lowest BCUT2D eigenvalue weighted by atomic mass is 10.3. The number of aliphatic hydroxyl groups is 1. The third-order valence-electron chi connectivity index (χ3n) is 0.646. The first-order valence-corrected chi connectivity index (χ1v) is 2.34. The van der Waals surface area contributed by atoms with Crippen LogP contribution in [0.2, 0.25) is 0 Å². The van der Waals surface area contributed by atoms with Gasteiger partial charge in [0.2, 0.25) is 5.91 Å². The number of carbonyl (C=O) groups excluding carboxylic acids is 1. The van der Waals surface area contributed by atoms with Gasteiger partial charge in [-0.05, 0) is 13.6 Å². The van der Waals surface area contributed by atoms with E-state index in [9.17, 15) is 4.79 Å². The lowest BCUT2D eigenvalue weighted by molar-refractivity contribution is -0.119. The maximum Gasteiger partial charge on any atom is 0.247 e. The van der Waals surface area contributed by atoms with Gasteiger partial charge in [0.25, 0.3) is 0 Å². The predicted octanol–water partition coefficient (Wildman–Crippen LogP) is -0.0155. The van der Waals surface area contributed by atoms with Crippen LogP contribution in [0.25, 0.3) is 0 Å². The van der Waals surface area contributed by atoms with Crippen LogP contribution in [0, 0.1) is 0 Å². The fraction of sp³-hybridized carbons (Fsp3) is 0.600. The average Bonchev–Trinajstić information content (AvgIpc) is 1.65. The Labute approximate surface area is 48.1 Å². The second-order valence-corrected chi connectivity index (χ2v) is 1.60. The molecule has 0 aromatic heterocycles. The van der Waals surface area contributed by atoms with Crippen LogP contribution in [0.3, 0.4) is 0 Å². The van der Waals surface area contributed by atoms with E-state index >= 15 is 0 Å². The summed E-state index contributed by atoms with van der Waals surface area (Å²) in [5.41, 5.74) is 0. The summed E-state index contributed by atoms with van der Waals surface area (Å²) in [6, 6.07) is 0. The molecule has 0 fully saturated rings. The Morgan fingerprint density at radius 3 is 2.62 bits per heavy atom. The van der Waals surface area contributed by atoms with Gasteiger partial charge in [0.05, 0.1) is 12.5 Å². The highest BCUT2D eigenvalue weighted by Gasteiger charge is 2.00. The van der Waals surface area contributed by atoms with Gasteiger partial charge < -0.3 is 5.11 Å². The molecule has 1 atom stereocenters. The lowest BCUT2D eigenvalue weighted by Gasteiger charge is -1.95. The normalized spacial score (nSPS) is 12.8. The molecular weight excluding hydrogens is 106 g/mol. The molecule has 0 saturated heterocycles. The van der Waals surface area contributed by atoms with E-state index in [4.69, 9.17) is 5.11 Å². The van der Waals surface area contributed by atoms with Crippen molar-refractivity contribution in [3.8, 4) is 0 Å². The Morgan fingerprint density at radius 1 is 2.00 bits per heavy atom. The zero-order chi connectivity index (χ0) is 6.57. The smallest absolute Gasteiger partial charge is 0.247 e. The van der Waals surface area contributed by atoms with E-state index in [0.29, 0.717) is 0 Å².